The highest BCUT2D eigenvalue weighted by Crippen LogP contribution is 2.29. The summed E-state index contributed by atoms with van der Waals surface area (Å²) < 4.78 is 1.87. The minimum absolute atomic E-state index is 0.497. The van der Waals surface area contributed by atoms with E-state index in [1.165, 1.54) is 0 Å². The molecule has 0 radical (unpaired) electrons. The van der Waals surface area contributed by atoms with E-state index in [-0.39, 0.29) is 0 Å². The van der Waals surface area contributed by atoms with Crippen LogP contribution in [-0.2, 0) is 0 Å². The molecule has 0 aliphatic carbocycles. The molecular weight excluding hydrogens is 214 g/mol. The summed E-state index contributed by atoms with van der Waals surface area (Å²) in [7, 11) is 0. The van der Waals surface area contributed by atoms with Crippen LogP contribution in [0.5, 0.6) is 0 Å². The van der Waals surface area contributed by atoms with Crippen LogP contribution in [0.25, 0.3) is 5.52 Å². The Kier molecular flexibility index (Phi) is 2.48. The Bertz CT molecular complexity index is 520. The Hall–Kier alpha value is -1.62. The van der Waals surface area contributed by atoms with Crippen molar-refractivity contribution in [3.8, 4) is 0 Å². The average molecular weight is 231 g/mol. The van der Waals surface area contributed by atoms with Crippen molar-refractivity contribution in [1.29, 1.82) is 0 Å². The molecule has 1 fully saturated rings. The van der Waals surface area contributed by atoms with E-state index in [0.29, 0.717) is 12.0 Å². The van der Waals surface area contributed by atoms with Crippen LogP contribution in [0.2, 0.25) is 0 Å². The molecule has 2 aromatic heterocycles. The maximum atomic E-state index is 5.76. The van der Waals surface area contributed by atoms with E-state index in [1.54, 1.807) is 6.20 Å². The van der Waals surface area contributed by atoms with Gasteiger partial charge in [0.2, 0.25) is 0 Å². The van der Waals surface area contributed by atoms with E-state index >= 15 is 0 Å². The maximum absolute atomic E-state index is 5.76. The number of nitrogens with two attached hydrogens (primary N) is 1. The summed E-state index contributed by atoms with van der Waals surface area (Å²) in [5, 5.41) is 4.24. The summed E-state index contributed by atoms with van der Waals surface area (Å²) in [6.45, 7) is 3.98. The Morgan fingerprint density at radius 1 is 1.47 bits per heavy atom. The zero-order valence-corrected chi connectivity index (χ0v) is 9.95. The lowest BCUT2D eigenvalue weighted by atomic mass is 10.1. The molecule has 2 unspecified atom stereocenters. The van der Waals surface area contributed by atoms with Gasteiger partial charge >= 0.3 is 0 Å². The number of fused-ring (bicyclic) bond motifs is 1. The first-order valence-corrected chi connectivity index (χ1v) is 6.04. The van der Waals surface area contributed by atoms with Crippen LogP contribution in [0.1, 0.15) is 13.3 Å². The predicted molar refractivity (Wildman–Crippen MR) is 67.0 cm³/mol. The van der Waals surface area contributed by atoms with Crippen molar-refractivity contribution in [2.75, 3.05) is 18.0 Å². The Balaban J connectivity index is 2.01. The van der Waals surface area contributed by atoms with Gasteiger partial charge in [-0.15, -0.1) is 0 Å². The third-order valence-electron chi connectivity index (χ3n) is 3.57. The second-order valence-electron chi connectivity index (χ2n) is 4.75. The highest BCUT2D eigenvalue weighted by molar-refractivity contribution is 5.68. The third kappa shape index (κ3) is 1.67. The molecule has 90 valence electrons. The van der Waals surface area contributed by atoms with Crippen molar-refractivity contribution in [2.45, 2.75) is 19.4 Å². The van der Waals surface area contributed by atoms with Crippen LogP contribution in [0.15, 0.2) is 24.7 Å². The van der Waals surface area contributed by atoms with Crippen molar-refractivity contribution in [1.82, 2.24) is 14.6 Å². The van der Waals surface area contributed by atoms with Gasteiger partial charge in [-0.2, -0.15) is 5.10 Å². The standard InChI is InChI=1S/C12H17N5/c1-9-6-10(7-13)8-16(9)12-11-2-3-15-17(11)5-4-14-12/h2-5,9-10H,6-8,13H2,1H3. The van der Waals surface area contributed by atoms with E-state index in [0.717, 1.165) is 30.8 Å². The van der Waals surface area contributed by atoms with Gasteiger partial charge in [-0.3, -0.25) is 0 Å². The van der Waals surface area contributed by atoms with Gasteiger partial charge in [-0.05, 0) is 31.9 Å². The van der Waals surface area contributed by atoms with Gasteiger partial charge in [-0.25, -0.2) is 9.50 Å². The summed E-state index contributed by atoms with van der Waals surface area (Å²) in [5.41, 5.74) is 6.83. The summed E-state index contributed by atoms with van der Waals surface area (Å²) >= 11 is 0. The van der Waals surface area contributed by atoms with Gasteiger partial charge in [0.1, 0.15) is 5.52 Å². The maximum Gasteiger partial charge on any atom is 0.154 e. The molecule has 1 saturated heterocycles. The summed E-state index contributed by atoms with van der Waals surface area (Å²) in [6, 6.07) is 2.50. The normalized spacial score (nSPS) is 24.7. The van der Waals surface area contributed by atoms with Crippen LogP contribution in [-0.4, -0.2) is 33.7 Å². The van der Waals surface area contributed by atoms with E-state index < -0.39 is 0 Å². The van der Waals surface area contributed by atoms with Crippen LogP contribution in [0, 0.1) is 5.92 Å². The third-order valence-corrected chi connectivity index (χ3v) is 3.57. The van der Waals surface area contributed by atoms with E-state index in [1.807, 2.05) is 23.0 Å². The monoisotopic (exact) mass is 231 g/mol. The van der Waals surface area contributed by atoms with Crippen LogP contribution >= 0.6 is 0 Å². The molecule has 2 aromatic rings. The zero-order chi connectivity index (χ0) is 11.8. The summed E-state index contributed by atoms with van der Waals surface area (Å²) in [4.78, 5) is 6.85. The first-order chi connectivity index (χ1) is 8.29. The summed E-state index contributed by atoms with van der Waals surface area (Å²) in [6.07, 6.45) is 6.63. The Morgan fingerprint density at radius 2 is 2.35 bits per heavy atom. The molecule has 0 amide bonds. The van der Waals surface area contributed by atoms with Gasteiger partial charge in [0.25, 0.3) is 0 Å². The molecule has 5 heteroatoms. The lowest BCUT2D eigenvalue weighted by Crippen LogP contribution is -2.28. The molecule has 2 atom stereocenters. The van der Waals surface area contributed by atoms with Crippen LogP contribution in [0.3, 0.4) is 0 Å². The van der Waals surface area contributed by atoms with Crippen LogP contribution < -0.4 is 10.6 Å². The molecule has 1 aliphatic heterocycles. The first kappa shape index (κ1) is 10.5. The molecule has 0 spiro atoms. The smallest absolute Gasteiger partial charge is 0.154 e. The number of aromatic nitrogens is 3. The second kappa shape index (κ2) is 4.00. The largest absolute Gasteiger partial charge is 0.352 e. The fraction of sp³-hybridized carbons (Fsp3) is 0.500. The van der Waals surface area contributed by atoms with Gasteiger partial charge in [-0.1, -0.05) is 0 Å². The fourth-order valence-corrected chi connectivity index (χ4v) is 2.67. The zero-order valence-electron chi connectivity index (χ0n) is 9.95. The molecular formula is C12H17N5. The van der Waals surface area contributed by atoms with Crippen LogP contribution in [0.4, 0.5) is 5.82 Å². The Morgan fingerprint density at radius 3 is 3.12 bits per heavy atom. The minimum Gasteiger partial charge on any atom is -0.352 e. The van der Waals surface area contributed by atoms with Crippen molar-refractivity contribution < 1.29 is 0 Å². The predicted octanol–water partition coefficient (Wildman–Crippen LogP) is 0.903. The molecule has 17 heavy (non-hydrogen) atoms. The van der Waals surface area contributed by atoms with Gasteiger partial charge in [0.15, 0.2) is 5.82 Å². The number of anilines is 1. The van der Waals surface area contributed by atoms with E-state index in [2.05, 4.69) is 21.9 Å². The minimum atomic E-state index is 0.497. The van der Waals surface area contributed by atoms with Gasteiger partial charge in [0.05, 0.1) is 6.20 Å². The van der Waals surface area contributed by atoms with Gasteiger partial charge in [0, 0.05) is 25.0 Å². The highest BCUT2D eigenvalue weighted by Gasteiger charge is 2.30. The van der Waals surface area contributed by atoms with Crippen molar-refractivity contribution in [3.63, 3.8) is 0 Å². The van der Waals surface area contributed by atoms with E-state index in [4.69, 9.17) is 5.73 Å². The molecule has 0 bridgehead atoms. The van der Waals surface area contributed by atoms with E-state index in [9.17, 15) is 0 Å². The number of rotatable bonds is 2. The average Bonchev–Trinajstić information content (AvgIpc) is 2.94. The molecule has 1 aliphatic rings. The number of hydrogen-bond donors (Lipinski definition) is 1. The molecule has 5 nitrogen and oxygen atoms in total. The van der Waals surface area contributed by atoms with Crippen molar-refractivity contribution in [2.24, 2.45) is 11.7 Å². The lowest BCUT2D eigenvalue weighted by Gasteiger charge is -2.23. The molecule has 2 N–H and O–H groups in total. The van der Waals surface area contributed by atoms with Gasteiger partial charge < -0.3 is 10.6 Å². The molecule has 3 rings (SSSR count). The van der Waals surface area contributed by atoms with Crippen molar-refractivity contribution >= 4 is 11.3 Å². The fourth-order valence-electron chi connectivity index (χ4n) is 2.67. The second-order valence-corrected chi connectivity index (χ2v) is 4.75. The number of hydrogen-bond acceptors (Lipinski definition) is 4. The first-order valence-electron chi connectivity index (χ1n) is 6.04. The molecule has 0 saturated carbocycles. The summed E-state index contributed by atoms with van der Waals surface area (Å²) in [5.74, 6) is 1.60. The molecule has 3 heterocycles. The Labute approximate surface area is 100 Å². The van der Waals surface area contributed by atoms with Crippen molar-refractivity contribution in [3.05, 3.63) is 24.7 Å². The quantitative estimate of drug-likeness (QED) is 0.834. The molecule has 0 aromatic carbocycles. The number of nitrogens with zero attached hydrogens (tertiary/aromatic N) is 4. The lowest BCUT2D eigenvalue weighted by molar-refractivity contribution is 0.579. The highest BCUT2D eigenvalue weighted by atomic mass is 15.3. The SMILES string of the molecule is CC1CC(CN)CN1c1nccn2nccc12. The topological polar surface area (TPSA) is 59.5 Å².